The molecule has 2 heterocycles. The highest BCUT2D eigenvalue weighted by Crippen LogP contribution is 2.35. The second-order valence-corrected chi connectivity index (χ2v) is 11.2. The predicted octanol–water partition coefficient (Wildman–Crippen LogP) is 5.73. The Labute approximate surface area is 229 Å². The molecule has 0 saturated carbocycles. The van der Waals surface area contributed by atoms with Gasteiger partial charge in [-0.05, 0) is 56.4 Å². The topological polar surface area (TPSA) is 96.6 Å². The van der Waals surface area contributed by atoms with E-state index in [-0.39, 0.29) is 29.8 Å². The number of ether oxygens (including phenoxy) is 2. The zero-order chi connectivity index (χ0) is 27.8. The van der Waals surface area contributed by atoms with Gasteiger partial charge in [-0.15, -0.1) is 0 Å². The maximum Gasteiger partial charge on any atom is 0.407 e. The number of hydrogen-bond acceptors (Lipinski definition) is 6. The molecule has 2 aromatic rings. The van der Waals surface area contributed by atoms with E-state index in [0.29, 0.717) is 41.4 Å². The Hall–Kier alpha value is -2.75. The number of carbonyl (C=O) groups excluding carboxylic acids is 2. The monoisotopic (exact) mass is 548 g/mol. The molecule has 1 saturated heterocycles. The second kappa shape index (κ2) is 13.9. The minimum absolute atomic E-state index is 0.0469. The number of methoxy groups -OCH3 is 1. The molecule has 0 aliphatic carbocycles. The fraction of sp³-hybridized carbons (Fsp3) is 0.607. The van der Waals surface area contributed by atoms with Gasteiger partial charge in [0.05, 0.1) is 25.0 Å². The summed E-state index contributed by atoms with van der Waals surface area (Å²) in [7, 11) is 1.28. The van der Waals surface area contributed by atoms with Gasteiger partial charge < -0.3 is 24.7 Å². The van der Waals surface area contributed by atoms with E-state index in [1.807, 2.05) is 45.5 Å². The molecule has 3 unspecified atom stereocenters. The lowest BCUT2D eigenvalue weighted by atomic mass is 10.0. The third kappa shape index (κ3) is 7.21. The van der Waals surface area contributed by atoms with Crippen LogP contribution >= 0.6 is 11.8 Å². The van der Waals surface area contributed by atoms with Gasteiger partial charge in [0.25, 0.3) is 0 Å². The van der Waals surface area contributed by atoms with E-state index < -0.39 is 12.1 Å². The maximum atomic E-state index is 15.1. The zero-order valence-electron chi connectivity index (χ0n) is 23.3. The highest BCUT2D eigenvalue weighted by molar-refractivity contribution is 7.99. The number of H-pyrrole nitrogens is 1. The SMILES string of the molecule is CCCSCC(C)Oc1cc(-c2cnc(C3CCCN3C(=O)C(NC(=O)OC)C(C)C)[nH]2)cc(F)c1CC. The van der Waals surface area contributed by atoms with Crippen molar-refractivity contribution in [2.24, 2.45) is 5.92 Å². The van der Waals surface area contributed by atoms with E-state index in [0.717, 1.165) is 30.8 Å². The normalized spacial score (nSPS) is 16.9. The summed E-state index contributed by atoms with van der Waals surface area (Å²) in [5.41, 5.74) is 1.86. The Morgan fingerprint density at radius 1 is 1.29 bits per heavy atom. The summed E-state index contributed by atoms with van der Waals surface area (Å²) in [6.07, 6.45) is 4.19. The molecule has 0 bridgehead atoms. The average Bonchev–Trinajstić information content (AvgIpc) is 3.56. The number of imidazole rings is 1. The lowest BCUT2D eigenvalue weighted by molar-refractivity contribution is -0.135. The first-order chi connectivity index (χ1) is 18.2. The van der Waals surface area contributed by atoms with E-state index in [4.69, 9.17) is 9.47 Å². The van der Waals surface area contributed by atoms with Crippen LogP contribution in [0.3, 0.4) is 0 Å². The number of benzene rings is 1. The number of nitrogens with one attached hydrogen (secondary N) is 2. The number of thioether (sulfide) groups is 1. The largest absolute Gasteiger partial charge is 0.489 e. The van der Waals surface area contributed by atoms with E-state index in [1.165, 1.54) is 13.2 Å². The van der Waals surface area contributed by atoms with Crippen LogP contribution in [0.2, 0.25) is 0 Å². The molecule has 1 aliphatic rings. The molecule has 0 radical (unpaired) electrons. The quantitative estimate of drug-likeness (QED) is 0.329. The number of likely N-dealkylation sites (tertiary alicyclic amines) is 1. The fourth-order valence-corrected chi connectivity index (χ4v) is 5.56. The molecule has 3 rings (SSSR count). The van der Waals surface area contributed by atoms with Crippen molar-refractivity contribution in [2.45, 2.75) is 78.5 Å². The van der Waals surface area contributed by atoms with Crippen molar-refractivity contribution in [2.75, 3.05) is 25.2 Å². The van der Waals surface area contributed by atoms with Gasteiger partial charge in [0.2, 0.25) is 5.91 Å². The van der Waals surface area contributed by atoms with Crippen molar-refractivity contribution in [1.29, 1.82) is 0 Å². The van der Waals surface area contributed by atoms with Crippen LogP contribution in [0.25, 0.3) is 11.3 Å². The van der Waals surface area contributed by atoms with Gasteiger partial charge in [0.1, 0.15) is 29.5 Å². The highest BCUT2D eigenvalue weighted by atomic mass is 32.2. The van der Waals surface area contributed by atoms with Crippen LogP contribution in [-0.4, -0.2) is 64.2 Å². The third-order valence-corrected chi connectivity index (χ3v) is 8.09. The number of hydrogen-bond donors (Lipinski definition) is 2. The third-order valence-electron chi connectivity index (χ3n) is 6.69. The molecule has 3 atom stereocenters. The lowest BCUT2D eigenvalue weighted by Crippen LogP contribution is -2.51. The summed E-state index contributed by atoms with van der Waals surface area (Å²) < 4.78 is 26.0. The Morgan fingerprint density at radius 3 is 2.71 bits per heavy atom. The number of aromatic nitrogens is 2. The molecule has 2 amide bonds. The molecule has 1 aromatic heterocycles. The van der Waals surface area contributed by atoms with Gasteiger partial charge in [-0.2, -0.15) is 11.8 Å². The van der Waals surface area contributed by atoms with Crippen LogP contribution in [0.15, 0.2) is 18.3 Å². The molecule has 8 nitrogen and oxygen atoms in total. The summed E-state index contributed by atoms with van der Waals surface area (Å²) in [4.78, 5) is 34.9. The number of alkyl carbamates (subject to hydrolysis) is 1. The molecule has 1 aromatic carbocycles. The van der Waals surface area contributed by atoms with Crippen molar-refractivity contribution in [3.8, 4) is 17.0 Å². The number of rotatable bonds is 12. The van der Waals surface area contributed by atoms with Gasteiger partial charge in [-0.3, -0.25) is 4.79 Å². The van der Waals surface area contributed by atoms with Crippen LogP contribution < -0.4 is 10.1 Å². The molecule has 2 N–H and O–H groups in total. The standard InChI is InChI=1S/C28H41FN4O4S/c1-7-12-38-16-18(5)37-24-14-19(13-21(29)20(24)8-2)22-15-30-26(31-22)23-10-9-11-33(23)27(34)25(17(3)4)32-28(35)36-6/h13-15,17-18,23,25H,7-12,16H2,1-6H3,(H,30,31)(H,32,35). The van der Waals surface area contributed by atoms with Gasteiger partial charge in [0, 0.05) is 23.4 Å². The summed E-state index contributed by atoms with van der Waals surface area (Å²) in [5, 5.41) is 2.66. The summed E-state index contributed by atoms with van der Waals surface area (Å²) in [6, 6.07) is 2.41. The minimum Gasteiger partial charge on any atom is -0.489 e. The molecular weight excluding hydrogens is 507 g/mol. The van der Waals surface area contributed by atoms with Crippen LogP contribution in [0, 0.1) is 11.7 Å². The molecule has 1 fully saturated rings. The van der Waals surface area contributed by atoms with Crippen molar-refractivity contribution >= 4 is 23.8 Å². The first-order valence-corrected chi connectivity index (χ1v) is 14.6. The predicted molar refractivity (Wildman–Crippen MR) is 149 cm³/mol. The van der Waals surface area contributed by atoms with Crippen molar-refractivity contribution in [3.63, 3.8) is 0 Å². The van der Waals surface area contributed by atoms with Crippen LogP contribution in [0.4, 0.5) is 9.18 Å². The summed E-state index contributed by atoms with van der Waals surface area (Å²) in [6.45, 7) is 10.4. The van der Waals surface area contributed by atoms with Gasteiger partial charge in [-0.1, -0.05) is 27.7 Å². The first-order valence-electron chi connectivity index (χ1n) is 13.5. The first kappa shape index (κ1) is 29.8. The summed E-state index contributed by atoms with van der Waals surface area (Å²) >= 11 is 1.83. The van der Waals surface area contributed by atoms with E-state index in [1.54, 1.807) is 11.1 Å². The summed E-state index contributed by atoms with van der Waals surface area (Å²) in [5.74, 6) is 2.50. The average molecular weight is 549 g/mol. The highest BCUT2D eigenvalue weighted by Gasteiger charge is 2.37. The van der Waals surface area contributed by atoms with Gasteiger partial charge in [-0.25, -0.2) is 14.2 Å². The molecule has 10 heteroatoms. The van der Waals surface area contributed by atoms with Crippen molar-refractivity contribution < 1.29 is 23.5 Å². The number of carbonyl (C=O) groups is 2. The van der Waals surface area contributed by atoms with Crippen molar-refractivity contribution in [1.82, 2.24) is 20.2 Å². The van der Waals surface area contributed by atoms with E-state index in [2.05, 4.69) is 22.2 Å². The maximum absolute atomic E-state index is 15.1. The molecule has 0 spiro atoms. The Bertz CT molecular complexity index is 1090. The number of nitrogens with zero attached hydrogens (tertiary/aromatic N) is 2. The van der Waals surface area contributed by atoms with Crippen LogP contribution in [0.5, 0.6) is 5.75 Å². The van der Waals surface area contributed by atoms with E-state index in [9.17, 15) is 9.59 Å². The van der Waals surface area contributed by atoms with E-state index >= 15 is 4.39 Å². The van der Waals surface area contributed by atoms with Gasteiger partial charge in [0.15, 0.2) is 0 Å². The molecule has 210 valence electrons. The molecule has 38 heavy (non-hydrogen) atoms. The Morgan fingerprint density at radius 2 is 2.05 bits per heavy atom. The Kier molecular flexibility index (Phi) is 10.9. The second-order valence-electron chi connectivity index (χ2n) is 10.0. The van der Waals surface area contributed by atoms with Crippen molar-refractivity contribution in [3.05, 3.63) is 35.5 Å². The number of halogens is 1. The van der Waals surface area contributed by atoms with Crippen LogP contribution in [0.1, 0.15) is 71.3 Å². The zero-order valence-corrected chi connectivity index (χ0v) is 24.1. The number of aromatic amines is 1. The molecular formula is C28H41FN4O4S. The fourth-order valence-electron chi connectivity index (χ4n) is 4.71. The molecule has 1 aliphatic heterocycles. The van der Waals surface area contributed by atoms with Gasteiger partial charge >= 0.3 is 6.09 Å². The van der Waals surface area contributed by atoms with Crippen LogP contribution in [-0.2, 0) is 16.0 Å². The smallest absolute Gasteiger partial charge is 0.407 e. The minimum atomic E-state index is -0.703. The Balaban J connectivity index is 1.83. The number of amides is 2. The lowest BCUT2D eigenvalue weighted by Gasteiger charge is -2.30.